The molecule has 2 rings (SSSR count). The molecular weight excluding hydrogens is 312 g/mol. The van der Waals surface area contributed by atoms with Gasteiger partial charge in [0.2, 0.25) is 0 Å². The van der Waals surface area contributed by atoms with Crippen molar-refractivity contribution in [2.75, 3.05) is 26.7 Å². The summed E-state index contributed by atoms with van der Waals surface area (Å²) < 4.78 is 5.56. The molecule has 0 aliphatic carbocycles. The largest absolute Gasteiger partial charge is 0.483 e. The summed E-state index contributed by atoms with van der Waals surface area (Å²) in [6.07, 6.45) is 3.41. The number of nitrogens with zero attached hydrogens (tertiary/aromatic N) is 2. The lowest BCUT2D eigenvalue weighted by molar-refractivity contribution is -0.138. The van der Waals surface area contributed by atoms with Gasteiger partial charge in [-0.25, -0.2) is 5.43 Å². The van der Waals surface area contributed by atoms with Gasteiger partial charge < -0.3 is 15.0 Å². The van der Waals surface area contributed by atoms with E-state index in [4.69, 9.17) is 4.74 Å². The first-order valence-electron chi connectivity index (χ1n) is 7.66. The predicted molar refractivity (Wildman–Crippen MR) is 87.6 cm³/mol. The van der Waals surface area contributed by atoms with Crippen LogP contribution < -0.4 is 15.5 Å². The molecule has 1 saturated heterocycles. The van der Waals surface area contributed by atoms with E-state index in [0.717, 1.165) is 25.9 Å². The fourth-order valence-electron chi connectivity index (χ4n) is 2.24. The van der Waals surface area contributed by atoms with E-state index in [0.29, 0.717) is 11.3 Å². The second-order valence-corrected chi connectivity index (χ2v) is 5.19. The molecule has 1 aliphatic rings. The van der Waals surface area contributed by atoms with Crippen LogP contribution in [0.5, 0.6) is 5.75 Å². The van der Waals surface area contributed by atoms with Gasteiger partial charge in [-0.15, -0.1) is 0 Å². The Morgan fingerprint density at radius 3 is 2.62 bits per heavy atom. The minimum Gasteiger partial charge on any atom is -0.483 e. The lowest BCUT2D eigenvalue weighted by Gasteiger charge is -2.16. The summed E-state index contributed by atoms with van der Waals surface area (Å²) in [6, 6.07) is 6.98. The van der Waals surface area contributed by atoms with Crippen molar-refractivity contribution >= 4 is 23.9 Å². The quantitative estimate of drug-likeness (QED) is 0.446. The van der Waals surface area contributed by atoms with Crippen LogP contribution in [-0.2, 0) is 14.4 Å². The third-order valence-electron chi connectivity index (χ3n) is 3.53. The van der Waals surface area contributed by atoms with Crippen LogP contribution in [0.2, 0.25) is 0 Å². The number of nitrogens with one attached hydrogen (secondary N) is 2. The van der Waals surface area contributed by atoms with Crippen LogP contribution in [0.3, 0.4) is 0 Å². The minimum absolute atomic E-state index is 0.0462. The second-order valence-electron chi connectivity index (χ2n) is 5.19. The van der Waals surface area contributed by atoms with Crippen molar-refractivity contribution in [3.05, 3.63) is 29.8 Å². The number of hydrazone groups is 1. The number of hydrogen-bond donors (Lipinski definition) is 2. The van der Waals surface area contributed by atoms with Crippen LogP contribution in [0.1, 0.15) is 18.4 Å². The molecule has 1 fully saturated rings. The number of carbonyl (C=O) groups excluding carboxylic acids is 3. The smallest absolute Gasteiger partial charge is 0.329 e. The van der Waals surface area contributed by atoms with Crippen LogP contribution in [0.4, 0.5) is 0 Å². The third kappa shape index (κ3) is 4.80. The SMILES string of the molecule is CNC(=O)C(=O)N/N=C\c1ccccc1OCC(=O)N1CCCC1. The van der Waals surface area contributed by atoms with Crippen molar-refractivity contribution in [2.24, 2.45) is 5.10 Å². The average molecular weight is 332 g/mol. The summed E-state index contributed by atoms with van der Waals surface area (Å²) in [5.41, 5.74) is 2.69. The van der Waals surface area contributed by atoms with Gasteiger partial charge in [-0.1, -0.05) is 12.1 Å². The second kappa shape index (κ2) is 8.66. The van der Waals surface area contributed by atoms with Crippen LogP contribution in [0.25, 0.3) is 0 Å². The number of likely N-dealkylation sites (tertiary alicyclic amines) is 1. The summed E-state index contributed by atoms with van der Waals surface area (Å²) in [5, 5.41) is 5.91. The van der Waals surface area contributed by atoms with E-state index < -0.39 is 11.8 Å². The Morgan fingerprint density at radius 2 is 1.92 bits per heavy atom. The molecule has 0 aromatic heterocycles. The van der Waals surface area contributed by atoms with Crippen molar-refractivity contribution in [2.45, 2.75) is 12.8 Å². The van der Waals surface area contributed by atoms with Crippen molar-refractivity contribution < 1.29 is 19.1 Å². The van der Waals surface area contributed by atoms with E-state index in [9.17, 15) is 14.4 Å². The minimum atomic E-state index is -0.864. The summed E-state index contributed by atoms with van der Waals surface area (Å²) >= 11 is 0. The lowest BCUT2D eigenvalue weighted by atomic mass is 10.2. The van der Waals surface area contributed by atoms with Crippen LogP contribution in [0, 0.1) is 0 Å². The number of carbonyl (C=O) groups is 3. The zero-order valence-corrected chi connectivity index (χ0v) is 13.4. The Morgan fingerprint density at radius 1 is 1.21 bits per heavy atom. The molecule has 0 atom stereocenters. The number of ether oxygens (including phenoxy) is 1. The molecule has 1 aromatic carbocycles. The van der Waals surface area contributed by atoms with Gasteiger partial charge in [0.1, 0.15) is 5.75 Å². The molecule has 8 nitrogen and oxygen atoms in total. The van der Waals surface area contributed by atoms with Crippen LogP contribution in [-0.4, -0.2) is 55.6 Å². The fourth-order valence-corrected chi connectivity index (χ4v) is 2.24. The molecule has 1 heterocycles. The Hall–Kier alpha value is -2.90. The number of para-hydroxylation sites is 1. The van der Waals surface area contributed by atoms with Crippen molar-refractivity contribution in [3.8, 4) is 5.75 Å². The van der Waals surface area contributed by atoms with Gasteiger partial charge in [0.15, 0.2) is 6.61 Å². The molecule has 0 radical (unpaired) electrons. The fraction of sp³-hybridized carbons (Fsp3) is 0.375. The topological polar surface area (TPSA) is 100 Å². The molecule has 0 saturated carbocycles. The Kier molecular flexibility index (Phi) is 6.30. The molecule has 24 heavy (non-hydrogen) atoms. The van der Waals surface area contributed by atoms with Crippen LogP contribution in [0.15, 0.2) is 29.4 Å². The van der Waals surface area contributed by atoms with Gasteiger partial charge >= 0.3 is 11.8 Å². The number of amides is 3. The molecule has 0 unspecified atom stereocenters. The molecule has 2 N–H and O–H groups in total. The maximum absolute atomic E-state index is 12.0. The first kappa shape index (κ1) is 17.5. The van der Waals surface area contributed by atoms with Gasteiger partial charge in [0.05, 0.1) is 6.21 Å². The highest BCUT2D eigenvalue weighted by atomic mass is 16.5. The van der Waals surface area contributed by atoms with E-state index >= 15 is 0 Å². The van der Waals surface area contributed by atoms with E-state index in [2.05, 4.69) is 15.8 Å². The first-order chi connectivity index (χ1) is 11.6. The summed E-state index contributed by atoms with van der Waals surface area (Å²) in [5.74, 6) is -1.22. The number of hydrogen-bond acceptors (Lipinski definition) is 5. The van der Waals surface area contributed by atoms with E-state index in [1.165, 1.54) is 13.3 Å². The Balaban J connectivity index is 1.93. The number of benzene rings is 1. The standard InChI is InChI=1S/C16H20N4O4/c1-17-15(22)16(23)19-18-10-12-6-2-3-7-13(12)24-11-14(21)20-8-4-5-9-20/h2-3,6-7,10H,4-5,8-9,11H2,1H3,(H,17,22)(H,19,23)/b18-10-. The zero-order valence-electron chi connectivity index (χ0n) is 13.4. The normalized spacial score (nSPS) is 13.8. The zero-order chi connectivity index (χ0) is 17.4. The highest BCUT2D eigenvalue weighted by Gasteiger charge is 2.18. The highest BCUT2D eigenvalue weighted by molar-refractivity contribution is 6.35. The molecule has 8 heteroatoms. The van der Waals surface area contributed by atoms with Gasteiger partial charge in [-0.3, -0.25) is 14.4 Å². The third-order valence-corrected chi connectivity index (χ3v) is 3.53. The Bertz CT molecular complexity index is 639. The Labute approximate surface area is 139 Å². The van der Waals surface area contributed by atoms with Crippen molar-refractivity contribution in [3.63, 3.8) is 0 Å². The van der Waals surface area contributed by atoms with E-state index in [1.54, 1.807) is 29.2 Å². The van der Waals surface area contributed by atoms with E-state index in [-0.39, 0.29) is 12.5 Å². The van der Waals surface area contributed by atoms with Crippen molar-refractivity contribution in [1.29, 1.82) is 0 Å². The maximum atomic E-state index is 12.0. The van der Waals surface area contributed by atoms with Gasteiger partial charge in [0, 0.05) is 25.7 Å². The molecule has 1 aromatic rings. The van der Waals surface area contributed by atoms with Crippen LogP contribution >= 0.6 is 0 Å². The summed E-state index contributed by atoms with van der Waals surface area (Å²) in [4.78, 5) is 36.1. The highest BCUT2D eigenvalue weighted by Crippen LogP contribution is 2.16. The van der Waals surface area contributed by atoms with Gasteiger partial charge in [0.25, 0.3) is 5.91 Å². The predicted octanol–water partition coefficient (Wildman–Crippen LogP) is -0.116. The lowest BCUT2D eigenvalue weighted by Crippen LogP contribution is -2.35. The summed E-state index contributed by atoms with van der Waals surface area (Å²) in [6.45, 7) is 1.50. The molecule has 0 bridgehead atoms. The molecule has 3 amide bonds. The van der Waals surface area contributed by atoms with E-state index in [1.807, 2.05) is 0 Å². The van der Waals surface area contributed by atoms with Gasteiger partial charge in [-0.05, 0) is 25.0 Å². The molecular formula is C16H20N4O4. The monoisotopic (exact) mass is 332 g/mol. The average Bonchev–Trinajstić information content (AvgIpc) is 3.14. The molecule has 128 valence electrons. The number of rotatable bonds is 5. The van der Waals surface area contributed by atoms with Crippen molar-refractivity contribution in [1.82, 2.24) is 15.6 Å². The summed E-state index contributed by atoms with van der Waals surface area (Å²) in [7, 11) is 1.35. The maximum Gasteiger partial charge on any atom is 0.329 e. The molecule has 1 aliphatic heterocycles. The number of likely N-dealkylation sites (N-methyl/N-ethyl adjacent to an activating group) is 1. The first-order valence-corrected chi connectivity index (χ1v) is 7.66. The molecule has 0 spiro atoms. The van der Waals surface area contributed by atoms with Gasteiger partial charge in [-0.2, -0.15) is 5.10 Å².